The van der Waals surface area contributed by atoms with Crippen molar-refractivity contribution in [2.24, 2.45) is 5.92 Å². The van der Waals surface area contributed by atoms with E-state index in [0.717, 1.165) is 29.1 Å². The molecule has 1 amide bonds. The standard InChI is InChI=1S/C24H23ClN2O4S/c1-31-21(29)12-11-20(28)27(14-15-9-10-15)22(23(30)16-5-4-6-17(25)13-16)24-26-18-7-2-3-8-19(18)32-24/h2-8,11-13,15,22-23,30H,9-10,14H2,1H3/b12-11+/t22-,23+/m1/s1. The van der Waals surface area contributed by atoms with E-state index in [0.29, 0.717) is 28.1 Å². The van der Waals surface area contributed by atoms with Crippen molar-refractivity contribution in [2.45, 2.75) is 25.0 Å². The summed E-state index contributed by atoms with van der Waals surface area (Å²) in [5.41, 5.74) is 1.40. The van der Waals surface area contributed by atoms with Gasteiger partial charge < -0.3 is 14.7 Å². The zero-order chi connectivity index (χ0) is 22.7. The Morgan fingerprint density at radius 3 is 2.72 bits per heavy atom. The number of fused-ring (bicyclic) bond motifs is 1. The highest BCUT2D eigenvalue weighted by Gasteiger charge is 2.37. The molecule has 3 aromatic rings. The molecule has 1 aliphatic carbocycles. The first-order chi connectivity index (χ1) is 15.5. The fourth-order valence-corrected chi connectivity index (χ4v) is 4.86. The fraction of sp³-hybridized carbons (Fsp3) is 0.292. The van der Waals surface area contributed by atoms with Gasteiger partial charge in [-0.1, -0.05) is 35.9 Å². The molecule has 0 bridgehead atoms. The van der Waals surface area contributed by atoms with Gasteiger partial charge in [-0.2, -0.15) is 0 Å². The summed E-state index contributed by atoms with van der Waals surface area (Å²) in [6.07, 6.45) is 3.28. The third-order valence-electron chi connectivity index (χ3n) is 5.39. The van der Waals surface area contributed by atoms with Gasteiger partial charge in [0.05, 0.1) is 17.3 Å². The van der Waals surface area contributed by atoms with Gasteiger partial charge in [0.1, 0.15) is 17.2 Å². The van der Waals surface area contributed by atoms with E-state index in [4.69, 9.17) is 16.6 Å². The molecule has 4 rings (SSSR count). The van der Waals surface area contributed by atoms with E-state index >= 15 is 0 Å². The summed E-state index contributed by atoms with van der Waals surface area (Å²) in [5.74, 6) is -0.641. The van der Waals surface area contributed by atoms with Crippen molar-refractivity contribution in [1.29, 1.82) is 0 Å². The summed E-state index contributed by atoms with van der Waals surface area (Å²) in [6.45, 7) is 0.461. The third kappa shape index (κ3) is 5.18. The quantitative estimate of drug-likeness (QED) is 0.381. The lowest BCUT2D eigenvalue weighted by Gasteiger charge is -2.33. The summed E-state index contributed by atoms with van der Waals surface area (Å²) in [7, 11) is 1.26. The van der Waals surface area contributed by atoms with Gasteiger partial charge in [-0.05, 0) is 48.6 Å². The van der Waals surface area contributed by atoms with Crippen molar-refractivity contribution >= 4 is 45.0 Å². The number of aliphatic hydroxyl groups is 1. The van der Waals surface area contributed by atoms with Crippen LogP contribution in [-0.4, -0.2) is 40.5 Å². The summed E-state index contributed by atoms with van der Waals surface area (Å²) < 4.78 is 5.59. The second-order valence-corrected chi connectivity index (χ2v) is 9.25. The predicted octanol–water partition coefficient (Wildman–Crippen LogP) is 4.69. The molecule has 0 unspecified atom stereocenters. The van der Waals surface area contributed by atoms with Gasteiger partial charge in [0.15, 0.2) is 0 Å². The molecule has 1 fully saturated rings. The second kappa shape index (κ2) is 9.81. The summed E-state index contributed by atoms with van der Waals surface area (Å²) >= 11 is 7.61. The molecule has 0 aliphatic heterocycles. The Hall–Kier alpha value is -2.74. The smallest absolute Gasteiger partial charge is 0.330 e. The van der Waals surface area contributed by atoms with E-state index < -0.39 is 18.1 Å². The summed E-state index contributed by atoms with van der Waals surface area (Å²) in [5, 5.41) is 12.6. The van der Waals surface area contributed by atoms with Gasteiger partial charge in [-0.3, -0.25) is 4.79 Å². The number of aliphatic hydroxyl groups excluding tert-OH is 1. The Balaban J connectivity index is 1.78. The summed E-state index contributed by atoms with van der Waals surface area (Å²) in [4.78, 5) is 31.2. The molecule has 166 valence electrons. The number of rotatable bonds is 8. The molecule has 6 nitrogen and oxygen atoms in total. The number of thiazole rings is 1. The summed E-state index contributed by atoms with van der Waals surface area (Å²) in [6, 6.07) is 13.9. The molecule has 0 radical (unpaired) electrons. The number of nitrogens with zero attached hydrogens (tertiary/aromatic N) is 2. The normalized spacial score (nSPS) is 15.6. The van der Waals surface area contributed by atoms with Crippen LogP contribution in [0, 0.1) is 5.92 Å². The minimum Gasteiger partial charge on any atom is -0.466 e. The number of methoxy groups -OCH3 is 1. The first-order valence-corrected chi connectivity index (χ1v) is 11.5. The maximum absolute atomic E-state index is 13.2. The van der Waals surface area contributed by atoms with E-state index in [2.05, 4.69) is 4.74 Å². The van der Waals surface area contributed by atoms with Crippen molar-refractivity contribution in [2.75, 3.05) is 13.7 Å². The lowest BCUT2D eigenvalue weighted by molar-refractivity contribution is -0.136. The van der Waals surface area contributed by atoms with E-state index in [-0.39, 0.29) is 5.91 Å². The van der Waals surface area contributed by atoms with Crippen molar-refractivity contribution in [1.82, 2.24) is 9.88 Å². The fourth-order valence-electron chi connectivity index (χ4n) is 3.55. The minimum atomic E-state index is -1.05. The monoisotopic (exact) mass is 470 g/mol. The average molecular weight is 471 g/mol. The van der Waals surface area contributed by atoms with Crippen LogP contribution in [0.1, 0.15) is 35.6 Å². The molecule has 0 saturated heterocycles. The Morgan fingerprint density at radius 2 is 2.03 bits per heavy atom. The molecule has 2 aromatic carbocycles. The van der Waals surface area contributed by atoms with Gasteiger partial charge in [0.25, 0.3) is 0 Å². The molecular formula is C24H23ClN2O4S. The van der Waals surface area contributed by atoms with Crippen LogP contribution in [0.5, 0.6) is 0 Å². The lowest BCUT2D eigenvalue weighted by Crippen LogP contribution is -2.38. The Labute approximate surface area is 195 Å². The van der Waals surface area contributed by atoms with Crippen molar-refractivity contribution in [3.05, 3.63) is 76.3 Å². The first-order valence-electron chi connectivity index (χ1n) is 10.3. The van der Waals surface area contributed by atoms with Crippen LogP contribution < -0.4 is 0 Å². The molecule has 32 heavy (non-hydrogen) atoms. The number of para-hydroxylation sites is 1. The highest BCUT2D eigenvalue weighted by atomic mass is 35.5. The van der Waals surface area contributed by atoms with Crippen molar-refractivity contribution in [3.8, 4) is 0 Å². The predicted molar refractivity (Wildman–Crippen MR) is 124 cm³/mol. The van der Waals surface area contributed by atoms with Crippen LogP contribution in [0.3, 0.4) is 0 Å². The molecule has 1 saturated carbocycles. The maximum Gasteiger partial charge on any atom is 0.330 e. The lowest BCUT2D eigenvalue weighted by atomic mass is 10.0. The number of hydrogen-bond donors (Lipinski definition) is 1. The van der Waals surface area contributed by atoms with Gasteiger partial charge in [0.2, 0.25) is 5.91 Å². The Bertz CT molecular complexity index is 1120. The van der Waals surface area contributed by atoms with Crippen LogP contribution in [0.25, 0.3) is 10.2 Å². The number of ether oxygens (including phenoxy) is 1. The SMILES string of the molecule is COC(=O)/C=C/C(=O)N(CC1CC1)[C@@H](c1nc2ccccc2s1)[C@@H](O)c1cccc(Cl)c1. The average Bonchev–Trinajstić information content (AvgIpc) is 3.52. The zero-order valence-corrected chi connectivity index (χ0v) is 19.1. The number of benzene rings is 2. The van der Waals surface area contributed by atoms with Gasteiger partial charge >= 0.3 is 5.97 Å². The topological polar surface area (TPSA) is 79.7 Å². The Morgan fingerprint density at radius 1 is 1.25 bits per heavy atom. The zero-order valence-electron chi connectivity index (χ0n) is 17.5. The van der Waals surface area contributed by atoms with Crippen LogP contribution >= 0.6 is 22.9 Å². The van der Waals surface area contributed by atoms with E-state index in [1.54, 1.807) is 29.2 Å². The Kier molecular flexibility index (Phi) is 6.89. The van der Waals surface area contributed by atoms with E-state index in [1.165, 1.54) is 24.5 Å². The van der Waals surface area contributed by atoms with Crippen LogP contribution in [0.4, 0.5) is 0 Å². The number of halogens is 1. The van der Waals surface area contributed by atoms with Crippen molar-refractivity contribution < 1.29 is 19.4 Å². The number of esters is 1. The van der Waals surface area contributed by atoms with Gasteiger partial charge in [0, 0.05) is 23.7 Å². The second-order valence-electron chi connectivity index (χ2n) is 7.75. The van der Waals surface area contributed by atoms with E-state index in [1.807, 2.05) is 24.3 Å². The highest BCUT2D eigenvalue weighted by molar-refractivity contribution is 7.18. The van der Waals surface area contributed by atoms with E-state index in [9.17, 15) is 14.7 Å². The molecule has 1 heterocycles. The molecule has 1 N–H and O–H groups in total. The van der Waals surface area contributed by atoms with Gasteiger partial charge in [-0.25, -0.2) is 9.78 Å². The number of hydrogen-bond acceptors (Lipinski definition) is 6. The van der Waals surface area contributed by atoms with Crippen LogP contribution in [0.2, 0.25) is 5.02 Å². The molecule has 8 heteroatoms. The van der Waals surface area contributed by atoms with Crippen LogP contribution in [-0.2, 0) is 14.3 Å². The molecule has 1 aliphatic rings. The third-order valence-corrected chi connectivity index (χ3v) is 6.73. The molecular weight excluding hydrogens is 448 g/mol. The first kappa shape index (κ1) is 22.5. The van der Waals surface area contributed by atoms with Gasteiger partial charge in [-0.15, -0.1) is 11.3 Å². The largest absolute Gasteiger partial charge is 0.466 e. The minimum absolute atomic E-state index is 0.355. The van der Waals surface area contributed by atoms with Crippen LogP contribution in [0.15, 0.2) is 60.7 Å². The number of amides is 1. The molecule has 1 aromatic heterocycles. The number of aromatic nitrogens is 1. The molecule has 2 atom stereocenters. The maximum atomic E-state index is 13.2. The van der Waals surface area contributed by atoms with Crippen molar-refractivity contribution in [3.63, 3.8) is 0 Å². The highest BCUT2D eigenvalue weighted by Crippen LogP contribution is 2.41. The number of carbonyl (C=O) groups is 2. The number of carbonyl (C=O) groups excluding carboxylic acids is 2. The molecule has 0 spiro atoms.